The van der Waals surface area contributed by atoms with E-state index >= 15 is 0 Å². The lowest BCUT2D eigenvalue weighted by molar-refractivity contribution is -0.122. The van der Waals surface area contributed by atoms with Crippen LogP contribution in [0.1, 0.15) is 30.9 Å². The van der Waals surface area contributed by atoms with Crippen molar-refractivity contribution in [2.24, 2.45) is 5.92 Å². The Kier molecular flexibility index (Phi) is 4.28. The fourth-order valence-electron chi connectivity index (χ4n) is 3.81. The summed E-state index contributed by atoms with van der Waals surface area (Å²) in [7, 11) is 0. The zero-order valence-electron chi connectivity index (χ0n) is 13.3. The summed E-state index contributed by atoms with van der Waals surface area (Å²) in [5.74, 6) is -0.0950. The number of hydrogen-bond acceptors (Lipinski definition) is 2. The predicted molar refractivity (Wildman–Crippen MR) is 90.1 cm³/mol. The molecule has 1 saturated carbocycles. The highest BCUT2D eigenvalue weighted by Crippen LogP contribution is 2.48. The summed E-state index contributed by atoms with van der Waals surface area (Å²) in [6, 6.07) is 20.4. The molecule has 3 nitrogen and oxygen atoms in total. The van der Waals surface area contributed by atoms with Crippen molar-refractivity contribution in [3.05, 3.63) is 71.8 Å². The average Bonchev–Trinajstić information content (AvgIpc) is 2.92. The molecule has 0 heterocycles. The van der Waals surface area contributed by atoms with Gasteiger partial charge in [0.2, 0.25) is 5.91 Å². The van der Waals surface area contributed by atoms with Crippen molar-refractivity contribution < 1.29 is 9.59 Å². The lowest BCUT2D eigenvalue weighted by Gasteiger charge is -2.36. The third-order valence-corrected chi connectivity index (χ3v) is 4.88. The Labute approximate surface area is 136 Å². The van der Waals surface area contributed by atoms with E-state index in [4.69, 9.17) is 0 Å². The van der Waals surface area contributed by atoms with E-state index in [1.54, 1.807) is 0 Å². The second-order valence-corrected chi connectivity index (χ2v) is 6.16. The number of nitrogens with one attached hydrogen (secondary N) is 1. The van der Waals surface area contributed by atoms with E-state index in [-0.39, 0.29) is 23.0 Å². The van der Waals surface area contributed by atoms with Crippen LogP contribution in [0.15, 0.2) is 60.7 Å². The summed E-state index contributed by atoms with van der Waals surface area (Å²) in [6.45, 7) is 1.88. The highest BCUT2D eigenvalue weighted by atomic mass is 16.1. The summed E-state index contributed by atoms with van der Waals surface area (Å²) in [4.78, 5) is 24.0. The minimum atomic E-state index is -0.359. The van der Waals surface area contributed by atoms with Crippen LogP contribution in [0.3, 0.4) is 0 Å². The van der Waals surface area contributed by atoms with E-state index in [1.807, 2.05) is 36.4 Å². The van der Waals surface area contributed by atoms with Gasteiger partial charge < -0.3 is 5.32 Å². The average molecular weight is 307 g/mol. The molecule has 1 aliphatic carbocycles. The van der Waals surface area contributed by atoms with E-state index in [0.29, 0.717) is 13.0 Å². The predicted octanol–water partition coefficient (Wildman–Crippen LogP) is 3.09. The molecule has 1 amide bonds. The maximum absolute atomic E-state index is 12.6. The first-order valence-electron chi connectivity index (χ1n) is 8.03. The number of rotatable bonds is 4. The molecule has 0 bridgehead atoms. The molecular weight excluding hydrogens is 286 g/mol. The SMILES string of the molecule is CC(=O)NCC1C(=O)CCC1(c1ccccc1)c1ccccc1. The van der Waals surface area contributed by atoms with Crippen molar-refractivity contribution in [3.8, 4) is 0 Å². The monoisotopic (exact) mass is 307 g/mol. The normalized spacial score (nSPS) is 19.5. The number of hydrogen-bond donors (Lipinski definition) is 1. The molecule has 3 heteroatoms. The van der Waals surface area contributed by atoms with Gasteiger partial charge in [0.05, 0.1) is 0 Å². The van der Waals surface area contributed by atoms with Gasteiger partial charge in [0.1, 0.15) is 5.78 Å². The largest absolute Gasteiger partial charge is 0.356 e. The molecule has 0 saturated heterocycles. The van der Waals surface area contributed by atoms with E-state index in [1.165, 1.54) is 6.92 Å². The van der Waals surface area contributed by atoms with Crippen LogP contribution in [-0.4, -0.2) is 18.2 Å². The van der Waals surface area contributed by atoms with Gasteiger partial charge in [0.15, 0.2) is 0 Å². The first-order chi connectivity index (χ1) is 11.1. The lowest BCUT2D eigenvalue weighted by Crippen LogP contribution is -2.42. The summed E-state index contributed by atoms with van der Waals surface area (Å²) < 4.78 is 0. The maximum atomic E-state index is 12.6. The number of Topliss-reactive ketones (excluding diaryl/α,β-unsaturated/α-hetero) is 1. The van der Waals surface area contributed by atoms with E-state index in [0.717, 1.165) is 17.5 Å². The Morgan fingerprint density at radius 1 is 1.04 bits per heavy atom. The second kappa shape index (κ2) is 6.37. The van der Waals surface area contributed by atoms with Gasteiger partial charge in [-0.2, -0.15) is 0 Å². The topological polar surface area (TPSA) is 46.2 Å². The van der Waals surface area contributed by atoms with Crippen molar-refractivity contribution in [2.45, 2.75) is 25.2 Å². The molecule has 0 aromatic heterocycles. The first-order valence-corrected chi connectivity index (χ1v) is 8.03. The van der Waals surface area contributed by atoms with Gasteiger partial charge in [-0.1, -0.05) is 60.7 Å². The van der Waals surface area contributed by atoms with Crippen LogP contribution >= 0.6 is 0 Å². The first kappa shape index (κ1) is 15.5. The van der Waals surface area contributed by atoms with Crippen LogP contribution in [0.25, 0.3) is 0 Å². The minimum absolute atomic E-state index is 0.0975. The maximum Gasteiger partial charge on any atom is 0.216 e. The van der Waals surface area contributed by atoms with Crippen LogP contribution < -0.4 is 5.32 Å². The van der Waals surface area contributed by atoms with Crippen molar-refractivity contribution in [1.82, 2.24) is 5.32 Å². The molecule has 1 N–H and O–H groups in total. The molecule has 1 aliphatic rings. The van der Waals surface area contributed by atoms with Crippen molar-refractivity contribution >= 4 is 11.7 Å². The molecular formula is C20H21NO2. The standard InChI is InChI=1S/C20H21NO2/c1-15(22)21-14-18-19(23)12-13-20(18,16-8-4-2-5-9-16)17-10-6-3-7-11-17/h2-11,18H,12-14H2,1H3,(H,21,22). The second-order valence-electron chi connectivity index (χ2n) is 6.16. The molecule has 2 aromatic rings. The molecule has 2 aromatic carbocycles. The molecule has 0 aliphatic heterocycles. The van der Waals surface area contributed by atoms with E-state index in [9.17, 15) is 9.59 Å². The van der Waals surface area contributed by atoms with Gasteiger partial charge in [0.25, 0.3) is 0 Å². The zero-order chi connectivity index (χ0) is 16.3. The zero-order valence-corrected chi connectivity index (χ0v) is 13.3. The molecule has 1 fully saturated rings. The Bertz CT molecular complexity index is 655. The fraction of sp³-hybridized carbons (Fsp3) is 0.300. The molecule has 23 heavy (non-hydrogen) atoms. The Balaban J connectivity index is 2.12. The molecule has 0 radical (unpaired) electrons. The molecule has 1 atom stereocenters. The van der Waals surface area contributed by atoms with Gasteiger partial charge in [-0.3, -0.25) is 9.59 Å². The van der Waals surface area contributed by atoms with Crippen molar-refractivity contribution in [1.29, 1.82) is 0 Å². The van der Waals surface area contributed by atoms with E-state index in [2.05, 4.69) is 29.6 Å². The third-order valence-electron chi connectivity index (χ3n) is 4.88. The summed E-state index contributed by atoms with van der Waals surface area (Å²) in [6.07, 6.45) is 1.33. The van der Waals surface area contributed by atoms with Crippen molar-refractivity contribution in [3.63, 3.8) is 0 Å². The quantitative estimate of drug-likeness (QED) is 0.943. The number of amides is 1. The van der Waals surface area contributed by atoms with Gasteiger partial charge in [-0.15, -0.1) is 0 Å². The van der Waals surface area contributed by atoms with Gasteiger partial charge in [-0.05, 0) is 17.5 Å². The Morgan fingerprint density at radius 3 is 2.04 bits per heavy atom. The number of benzene rings is 2. The molecule has 118 valence electrons. The fourth-order valence-corrected chi connectivity index (χ4v) is 3.81. The van der Waals surface area contributed by atoms with Gasteiger partial charge in [0, 0.05) is 31.2 Å². The highest BCUT2D eigenvalue weighted by molar-refractivity contribution is 5.87. The Morgan fingerprint density at radius 2 is 1.57 bits per heavy atom. The minimum Gasteiger partial charge on any atom is -0.356 e. The summed E-state index contributed by atoms with van der Waals surface area (Å²) in [5.41, 5.74) is 1.93. The number of ketones is 1. The highest BCUT2D eigenvalue weighted by Gasteiger charge is 2.50. The van der Waals surface area contributed by atoms with Crippen LogP contribution in [0.4, 0.5) is 0 Å². The third kappa shape index (κ3) is 2.79. The van der Waals surface area contributed by atoms with Gasteiger partial charge in [-0.25, -0.2) is 0 Å². The smallest absolute Gasteiger partial charge is 0.216 e. The summed E-state index contributed by atoms with van der Waals surface area (Å²) in [5, 5.41) is 2.85. The van der Waals surface area contributed by atoms with Crippen LogP contribution in [-0.2, 0) is 15.0 Å². The lowest BCUT2D eigenvalue weighted by atomic mass is 9.67. The van der Waals surface area contributed by atoms with Crippen molar-refractivity contribution in [2.75, 3.05) is 6.54 Å². The molecule has 3 rings (SSSR count). The van der Waals surface area contributed by atoms with Crippen LogP contribution in [0.2, 0.25) is 0 Å². The van der Waals surface area contributed by atoms with E-state index < -0.39 is 0 Å². The molecule has 0 spiro atoms. The number of carbonyl (C=O) groups is 2. The summed E-state index contributed by atoms with van der Waals surface area (Å²) >= 11 is 0. The van der Waals surface area contributed by atoms with Crippen LogP contribution in [0, 0.1) is 5.92 Å². The molecule has 1 unspecified atom stereocenters. The van der Waals surface area contributed by atoms with Crippen LogP contribution in [0.5, 0.6) is 0 Å². The van der Waals surface area contributed by atoms with Gasteiger partial charge >= 0.3 is 0 Å². The number of carbonyl (C=O) groups excluding carboxylic acids is 2. The Hall–Kier alpha value is -2.42.